The lowest BCUT2D eigenvalue weighted by Gasteiger charge is -2.41. The van der Waals surface area contributed by atoms with E-state index in [1.54, 1.807) is 0 Å². The van der Waals surface area contributed by atoms with Crippen LogP contribution in [0.1, 0.15) is 81.8 Å². The van der Waals surface area contributed by atoms with Crippen molar-refractivity contribution in [3.8, 4) is 0 Å². The molecule has 2 N–H and O–H groups in total. The minimum absolute atomic E-state index is 0.289. The van der Waals surface area contributed by atoms with Gasteiger partial charge >= 0.3 is 5.97 Å². The van der Waals surface area contributed by atoms with Gasteiger partial charge in [0.2, 0.25) is 5.91 Å². The van der Waals surface area contributed by atoms with Crippen LogP contribution in [-0.4, -0.2) is 39.5 Å². The van der Waals surface area contributed by atoms with E-state index in [-0.39, 0.29) is 5.91 Å². The normalized spacial score (nSPS) is 19.2. The molecule has 1 aliphatic carbocycles. The van der Waals surface area contributed by atoms with Crippen LogP contribution in [0.3, 0.4) is 0 Å². The van der Waals surface area contributed by atoms with Gasteiger partial charge in [0.15, 0.2) is 0 Å². The Morgan fingerprint density at radius 2 is 1.66 bits per heavy atom. The van der Waals surface area contributed by atoms with Gasteiger partial charge < -0.3 is 10.4 Å². The predicted octanol–water partition coefficient (Wildman–Crippen LogP) is 6.80. The Bertz CT molecular complexity index is 995. The zero-order chi connectivity index (χ0) is 25.3. The molecule has 0 spiro atoms. The Morgan fingerprint density at radius 1 is 1.03 bits per heavy atom. The second-order valence-corrected chi connectivity index (χ2v) is 10.8. The molecule has 0 fully saturated rings. The minimum atomic E-state index is -1.13. The van der Waals surface area contributed by atoms with Crippen molar-refractivity contribution in [1.29, 1.82) is 0 Å². The molecule has 0 bridgehead atoms. The summed E-state index contributed by atoms with van der Waals surface area (Å²) in [5, 5.41) is 15.0. The maximum atomic E-state index is 13.9. The average molecular weight is 516 g/mol. The molecule has 1 aromatic heterocycles. The number of amides is 1. The number of carbonyl (C=O) groups excluding carboxylic acids is 1. The second-order valence-electron chi connectivity index (χ2n) is 9.22. The summed E-state index contributed by atoms with van der Waals surface area (Å²) in [5.41, 5.74) is 1.32. The molecule has 8 heteroatoms. The lowest BCUT2D eigenvalue weighted by Crippen LogP contribution is -2.46. The summed E-state index contributed by atoms with van der Waals surface area (Å²) < 4.78 is 0. The van der Waals surface area contributed by atoms with E-state index in [1.807, 2.05) is 36.8 Å². The molecule has 1 heterocycles. The summed E-state index contributed by atoms with van der Waals surface area (Å²) >= 11 is 2.87. The van der Waals surface area contributed by atoms with Crippen molar-refractivity contribution in [2.75, 3.05) is 17.8 Å². The first-order valence-corrected chi connectivity index (χ1v) is 15.0. The number of nitrogens with zero attached hydrogens (tertiary/aromatic N) is 2. The van der Waals surface area contributed by atoms with Gasteiger partial charge in [-0.05, 0) is 42.9 Å². The Kier molecular flexibility index (Phi) is 10.5. The van der Waals surface area contributed by atoms with Crippen LogP contribution < -0.4 is 5.32 Å². The van der Waals surface area contributed by atoms with Crippen LogP contribution >= 0.6 is 23.5 Å². The van der Waals surface area contributed by atoms with Gasteiger partial charge in [-0.15, -0.1) is 23.5 Å². The number of unbranched alkanes of at least 4 members (excludes halogenated alkanes) is 6. The maximum Gasteiger partial charge on any atom is 0.310 e. The van der Waals surface area contributed by atoms with E-state index in [2.05, 4.69) is 22.2 Å². The Morgan fingerprint density at radius 3 is 2.29 bits per heavy atom. The van der Waals surface area contributed by atoms with Crippen molar-refractivity contribution in [3.05, 3.63) is 41.7 Å². The number of hydrogen-bond donors (Lipinski definition) is 2. The summed E-state index contributed by atoms with van der Waals surface area (Å²) in [5.74, 6) is -1.94. The minimum Gasteiger partial charge on any atom is -0.481 e. The summed E-state index contributed by atoms with van der Waals surface area (Å²) in [7, 11) is 0. The molecule has 6 nitrogen and oxygen atoms in total. The van der Waals surface area contributed by atoms with Crippen LogP contribution in [0.25, 0.3) is 0 Å². The van der Waals surface area contributed by atoms with Crippen molar-refractivity contribution >= 4 is 41.1 Å². The average Bonchev–Trinajstić information content (AvgIpc) is 2.87. The van der Waals surface area contributed by atoms with Crippen molar-refractivity contribution in [3.63, 3.8) is 0 Å². The molecule has 1 aromatic carbocycles. The van der Waals surface area contributed by atoms with E-state index in [9.17, 15) is 14.7 Å². The van der Waals surface area contributed by atoms with E-state index in [0.717, 1.165) is 30.4 Å². The first-order chi connectivity index (χ1) is 17.0. The number of hydrogen-bond acceptors (Lipinski definition) is 6. The predicted molar refractivity (Wildman–Crippen MR) is 144 cm³/mol. The number of carboxylic acids is 1. The fourth-order valence-corrected chi connectivity index (χ4v) is 6.28. The molecule has 1 aliphatic rings. The summed E-state index contributed by atoms with van der Waals surface area (Å²) in [4.78, 5) is 35.5. The standard InChI is InChI=1S/C27H37N3O3S2/c1-4-5-6-7-8-9-12-16-27(26(32)33)17-15-19-13-10-11-14-20(19)21(27)23(31)30-22-24(34-2)28-18-29-25(22)35-3/h10-11,13-14,18,21H,4-9,12,15-17H2,1-3H3,(H,30,31)(H,32,33). The molecule has 1 amide bonds. The van der Waals surface area contributed by atoms with Gasteiger partial charge in [0.1, 0.15) is 22.1 Å². The maximum absolute atomic E-state index is 13.9. The Balaban J connectivity index is 1.91. The first kappa shape index (κ1) is 27.5. The van der Waals surface area contributed by atoms with Crippen molar-refractivity contribution in [1.82, 2.24) is 9.97 Å². The molecule has 2 unspecified atom stereocenters. The van der Waals surface area contributed by atoms with Crippen molar-refractivity contribution in [2.24, 2.45) is 5.41 Å². The second kappa shape index (κ2) is 13.3. The molecule has 35 heavy (non-hydrogen) atoms. The molecule has 0 saturated carbocycles. The van der Waals surface area contributed by atoms with Crippen LogP contribution in [0.4, 0.5) is 5.69 Å². The molecule has 2 aromatic rings. The SMILES string of the molecule is CCCCCCCCCC1(C(=O)O)CCc2ccccc2C1C(=O)Nc1c(SC)ncnc1SC. The van der Waals surface area contributed by atoms with Gasteiger partial charge in [-0.1, -0.05) is 76.1 Å². The van der Waals surface area contributed by atoms with Crippen LogP contribution in [0.5, 0.6) is 0 Å². The van der Waals surface area contributed by atoms with Crippen LogP contribution in [0, 0.1) is 5.41 Å². The molecule has 0 saturated heterocycles. The monoisotopic (exact) mass is 515 g/mol. The molecule has 2 atom stereocenters. The quantitative estimate of drug-likeness (QED) is 0.172. The lowest BCUT2D eigenvalue weighted by atomic mass is 9.61. The summed E-state index contributed by atoms with van der Waals surface area (Å²) in [6.07, 6.45) is 14.7. The number of fused-ring (bicyclic) bond motifs is 1. The van der Waals surface area contributed by atoms with Crippen LogP contribution in [0.2, 0.25) is 0 Å². The number of anilines is 1. The van der Waals surface area contributed by atoms with Crippen LogP contribution in [0.15, 0.2) is 40.6 Å². The number of aliphatic carboxylic acids is 1. The zero-order valence-corrected chi connectivity index (χ0v) is 22.6. The van der Waals surface area contributed by atoms with E-state index in [1.165, 1.54) is 55.5 Å². The van der Waals surface area contributed by atoms with E-state index < -0.39 is 17.3 Å². The smallest absolute Gasteiger partial charge is 0.310 e. The number of benzene rings is 1. The summed E-state index contributed by atoms with van der Waals surface area (Å²) in [6.45, 7) is 2.20. The molecule has 0 aliphatic heterocycles. The third-order valence-electron chi connectivity index (χ3n) is 7.09. The number of rotatable bonds is 13. The molecule has 0 radical (unpaired) electrons. The largest absolute Gasteiger partial charge is 0.481 e. The van der Waals surface area contributed by atoms with Crippen molar-refractivity contribution < 1.29 is 14.7 Å². The van der Waals surface area contributed by atoms with E-state index in [4.69, 9.17) is 0 Å². The van der Waals surface area contributed by atoms with E-state index in [0.29, 0.717) is 35.0 Å². The molecular weight excluding hydrogens is 478 g/mol. The third kappa shape index (κ3) is 6.39. The number of thioether (sulfide) groups is 2. The van der Waals surface area contributed by atoms with Gasteiger partial charge in [-0.25, -0.2) is 9.97 Å². The number of nitrogens with one attached hydrogen (secondary N) is 1. The zero-order valence-electron chi connectivity index (χ0n) is 21.0. The van der Waals surface area contributed by atoms with Gasteiger partial charge in [-0.3, -0.25) is 9.59 Å². The van der Waals surface area contributed by atoms with Gasteiger partial charge in [0, 0.05) is 0 Å². The highest BCUT2D eigenvalue weighted by Gasteiger charge is 2.52. The Labute approximate surface area is 217 Å². The van der Waals surface area contributed by atoms with E-state index >= 15 is 0 Å². The van der Waals surface area contributed by atoms with Gasteiger partial charge in [0.05, 0.1) is 11.3 Å². The fourth-order valence-electron chi connectivity index (χ4n) is 5.21. The van der Waals surface area contributed by atoms with Crippen molar-refractivity contribution in [2.45, 2.75) is 87.1 Å². The Hall–Kier alpha value is -2.06. The molecule has 3 rings (SSSR count). The highest BCUT2D eigenvalue weighted by atomic mass is 32.2. The van der Waals surface area contributed by atoms with Gasteiger partial charge in [0.25, 0.3) is 0 Å². The number of carboxylic acid groups (broad SMARTS) is 1. The topological polar surface area (TPSA) is 92.2 Å². The lowest BCUT2D eigenvalue weighted by molar-refractivity contribution is -0.154. The first-order valence-electron chi connectivity index (χ1n) is 12.5. The van der Waals surface area contributed by atoms with Gasteiger partial charge in [-0.2, -0.15) is 0 Å². The molecular formula is C27H37N3O3S2. The molecule has 190 valence electrons. The highest BCUT2D eigenvalue weighted by Crippen LogP contribution is 2.50. The fraction of sp³-hybridized carbons (Fsp3) is 0.556. The van der Waals surface area contributed by atoms with Crippen LogP contribution in [-0.2, 0) is 16.0 Å². The number of carbonyl (C=O) groups is 2. The summed E-state index contributed by atoms with van der Waals surface area (Å²) in [6, 6.07) is 7.80. The highest BCUT2D eigenvalue weighted by molar-refractivity contribution is 7.99. The number of aromatic nitrogens is 2. The third-order valence-corrected chi connectivity index (χ3v) is 8.48. The number of aryl methyl sites for hydroxylation is 1.